The average molecular weight is 329 g/mol. The van der Waals surface area contributed by atoms with Gasteiger partial charge in [-0.1, -0.05) is 18.2 Å². The highest BCUT2D eigenvalue weighted by Gasteiger charge is 2.13. The monoisotopic (exact) mass is 329 g/mol. The highest BCUT2D eigenvalue weighted by molar-refractivity contribution is 5.82. The number of amides is 2. The van der Waals surface area contributed by atoms with E-state index in [0.717, 1.165) is 42.3 Å². The molecule has 1 atom stereocenters. The number of benzene rings is 1. The molecule has 2 aromatic rings. The highest BCUT2D eigenvalue weighted by Crippen LogP contribution is 2.15. The van der Waals surface area contributed by atoms with Gasteiger partial charge in [-0.3, -0.25) is 4.79 Å². The summed E-state index contributed by atoms with van der Waals surface area (Å²) in [6.45, 7) is 1.73. The van der Waals surface area contributed by atoms with Crippen LogP contribution in [0.3, 0.4) is 0 Å². The van der Waals surface area contributed by atoms with E-state index in [9.17, 15) is 9.59 Å². The number of hydrogen-bond acceptors (Lipinski definition) is 3. The van der Waals surface area contributed by atoms with Gasteiger partial charge in [-0.05, 0) is 37.3 Å². The van der Waals surface area contributed by atoms with Gasteiger partial charge in [0.05, 0.1) is 6.10 Å². The molecule has 3 N–H and O–H groups in total. The number of rotatable bonds is 5. The van der Waals surface area contributed by atoms with Crippen LogP contribution in [0.25, 0.3) is 10.9 Å². The number of carbonyl (C=O) groups excluding carboxylic acids is 1. The molecule has 2 amide bonds. The number of fused-ring (bicyclic) bond motifs is 1. The Kier molecular flexibility index (Phi) is 5.48. The van der Waals surface area contributed by atoms with Crippen LogP contribution in [0, 0.1) is 0 Å². The maximum atomic E-state index is 11.9. The molecule has 6 nitrogen and oxygen atoms in total. The number of ether oxygens (including phenoxy) is 1. The van der Waals surface area contributed by atoms with E-state index in [1.54, 1.807) is 0 Å². The third-order valence-electron chi connectivity index (χ3n) is 4.30. The van der Waals surface area contributed by atoms with Gasteiger partial charge in [0, 0.05) is 36.7 Å². The lowest BCUT2D eigenvalue weighted by atomic mass is 10.1. The van der Waals surface area contributed by atoms with Gasteiger partial charge in [-0.2, -0.15) is 0 Å². The van der Waals surface area contributed by atoms with Gasteiger partial charge in [-0.15, -0.1) is 0 Å². The largest absolute Gasteiger partial charge is 0.378 e. The lowest BCUT2D eigenvalue weighted by Crippen LogP contribution is -2.37. The second-order valence-corrected chi connectivity index (χ2v) is 6.09. The van der Waals surface area contributed by atoms with Gasteiger partial charge < -0.3 is 20.4 Å². The Bertz CT molecular complexity index is 751. The fourth-order valence-corrected chi connectivity index (χ4v) is 3.04. The summed E-state index contributed by atoms with van der Waals surface area (Å²) >= 11 is 0. The normalized spacial score (nSPS) is 17.6. The van der Waals surface area contributed by atoms with Gasteiger partial charge in [0.25, 0.3) is 0 Å². The molecular formula is C18H23N3O3. The van der Waals surface area contributed by atoms with E-state index in [4.69, 9.17) is 4.74 Å². The fraction of sp³-hybridized carbons (Fsp3) is 0.444. The molecule has 1 aromatic carbocycles. The standard InChI is InChI=1S/C18H23N3O3/c22-17-11-13(15-6-1-2-7-16(15)21-17)12-20-18(23)19-9-8-14-5-3-4-10-24-14/h1-2,6-7,11,14H,3-5,8-10,12H2,(H,21,22)(H2,19,20,23)/t14-/m0/s1. The number of aromatic amines is 1. The van der Waals surface area contributed by atoms with Gasteiger partial charge in [0.2, 0.25) is 5.56 Å². The Morgan fingerprint density at radius 3 is 2.96 bits per heavy atom. The van der Waals surface area contributed by atoms with Crippen LogP contribution in [0.15, 0.2) is 35.1 Å². The Morgan fingerprint density at radius 1 is 1.25 bits per heavy atom. The molecule has 0 unspecified atom stereocenters. The molecule has 6 heteroatoms. The number of hydrogen-bond donors (Lipinski definition) is 3. The summed E-state index contributed by atoms with van der Waals surface area (Å²) in [5.41, 5.74) is 1.41. The van der Waals surface area contributed by atoms with Crippen LogP contribution >= 0.6 is 0 Å². The number of para-hydroxylation sites is 1. The minimum Gasteiger partial charge on any atom is -0.378 e. The van der Waals surface area contributed by atoms with Crippen molar-refractivity contribution >= 4 is 16.9 Å². The van der Waals surface area contributed by atoms with Crippen molar-refractivity contribution in [3.05, 3.63) is 46.2 Å². The first-order valence-corrected chi connectivity index (χ1v) is 8.46. The molecule has 1 saturated heterocycles. The Hall–Kier alpha value is -2.34. The van der Waals surface area contributed by atoms with Crippen molar-refractivity contribution in [2.75, 3.05) is 13.2 Å². The van der Waals surface area contributed by atoms with Crippen molar-refractivity contribution < 1.29 is 9.53 Å². The number of H-pyrrole nitrogens is 1. The van der Waals surface area contributed by atoms with Crippen LogP contribution in [0.4, 0.5) is 4.79 Å². The van der Waals surface area contributed by atoms with Crippen LogP contribution < -0.4 is 16.2 Å². The van der Waals surface area contributed by atoms with Gasteiger partial charge in [-0.25, -0.2) is 4.79 Å². The molecule has 2 heterocycles. The Labute approximate surface area is 140 Å². The second-order valence-electron chi connectivity index (χ2n) is 6.09. The molecule has 1 aliphatic rings. The van der Waals surface area contributed by atoms with E-state index >= 15 is 0 Å². The SMILES string of the molecule is O=C(NCC[C@@H]1CCCCO1)NCc1cc(=O)[nH]c2ccccc12. The van der Waals surface area contributed by atoms with E-state index in [-0.39, 0.29) is 17.7 Å². The first-order chi connectivity index (χ1) is 11.7. The van der Waals surface area contributed by atoms with E-state index in [2.05, 4.69) is 15.6 Å². The van der Waals surface area contributed by atoms with Crippen LogP contribution in [0.2, 0.25) is 0 Å². The molecule has 0 bridgehead atoms. The number of pyridine rings is 1. The van der Waals surface area contributed by atoms with Crippen molar-refractivity contribution in [3.8, 4) is 0 Å². The molecule has 1 aromatic heterocycles. The van der Waals surface area contributed by atoms with Gasteiger partial charge >= 0.3 is 6.03 Å². The quantitative estimate of drug-likeness (QED) is 0.787. The number of urea groups is 1. The van der Waals surface area contributed by atoms with E-state index in [1.165, 1.54) is 12.5 Å². The van der Waals surface area contributed by atoms with Crippen molar-refractivity contribution in [2.24, 2.45) is 0 Å². The maximum absolute atomic E-state index is 11.9. The molecule has 0 saturated carbocycles. The molecule has 0 spiro atoms. The van der Waals surface area contributed by atoms with Crippen LogP contribution in [0.1, 0.15) is 31.2 Å². The smallest absolute Gasteiger partial charge is 0.315 e. The summed E-state index contributed by atoms with van der Waals surface area (Å²) in [4.78, 5) is 26.4. The van der Waals surface area contributed by atoms with Crippen LogP contribution in [-0.4, -0.2) is 30.3 Å². The van der Waals surface area contributed by atoms with Crippen LogP contribution in [-0.2, 0) is 11.3 Å². The Balaban J connectivity index is 1.50. The fourth-order valence-electron chi connectivity index (χ4n) is 3.04. The summed E-state index contributed by atoms with van der Waals surface area (Å²) in [7, 11) is 0. The molecule has 0 radical (unpaired) electrons. The van der Waals surface area contributed by atoms with Crippen molar-refractivity contribution in [3.63, 3.8) is 0 Å². The topological polar surface area (TPSA) is 83.2 Å². The summed E-state index contributed by atoms with van der Waals surface area (Å²) in [6, 6.07) is 8.86. The average Bonchev–Trinajstić information content (AvgIpc) is 2.60. The third kappa shape index (κ3) is 4.35. The van der Waals surface area contributed by atoms with Crippen molar-refractivity contribution in [1.29, 1.82) is 0 Å². The molecule has 1 aliphatic heterocycles. The minimum atomic E-state index is -0.227. The molecular weight excluding hydrogens is 306 g/mol. The zero-order valence-corrected chi connectivity index (χ0v) is 13.6. The number of nitrogens with one attached hydrogen (secondary N) is 3. The molecule has 3 rings (SSSR count). The van der Waals surface area contributed by atoms with E-state index < -0.39 is 0 Å². The number of carbonyl (C=O) groups is 1. The summed E-state index contributed by atoms with van der Waals surface area (Å²) in [5.74, 6) is 0. The first kappa shape index (κ1) is 16.5. The van der Waals surface area contributed by atoms with Gasteiger partial charge in [0.1, 0.15) is 0 Å². The zero-order valence-electron chi connectivity index (χ0n) is 13.6. The predicted molar refractivity (Wildman–Crippen MR) is 93.0 cm³/mol. The molecule has 24 heavy (non-hydrogen) atoms. The zero-order chi connectivity index (χ0) is 16.8. The van der Waals surface area contributed by atoms with E-state index in [0.29, 0.717) is 13.1 Å². The second kappa shape index (κ2) is 7.97. The molecule has 1 fully saturated rings. The summed E-state index contributed by atoms with van der Waals surface area (Å²) < 4.78 is 5.64. The minimum absolute atomic E-state index is 0.166. The van der Waals surface area contributed by atoms with E-state index in [1.807, 2.05) is 24.3 Å². The maximum Gasteiger partial charge on any atom is 0.315 e. The Morgan fingerprint density at radius 2 is 2.12 bits per heavy atom. The summed E-state index contributed by atoms with van der Waals surface area (Å²) in [5, 5.41) is 6.60. The molecule has 0 aliphatic carbocycles. The third-order valence-corrected chi connectivity index (χ3v) is 4.30. The van der Waals surface area contributed by atoms with Crippen molar-refractivity contribution in [1.82, 2.24) is 15.6 Å². The lowest BCUT2D eigenvalue weighted by molar-refractivity contribution is 0.0120. The molecule has 128 valence electrons. The van der Waals surface area contributed by atoms with Crippen molar-refractivity contribution in [2.45, 2.75) is 38.3 Å². The lowest BCUT2D eigenvalue weighted by Gasteiger charge is -2.22. The summed E-state index contributed by atoms with van der Waals surface area (Å²) in [6.07, 6.45) is 4.50. The first-order valence-electron chi connectivity index (χ1n) is 8.46. The predicted octanol–water partition coefficient (Wildman–Crippen LogP) is 2.29. The number of aromatic nitrogens is 1. The van der Waals surface area contributed by atoms with Crippen LogP contribution in [0.5, 0.6) is 0 Å². The highest BCUT2D eigenvalue weighted by atomic mass is 16.5. The van der Waals surface area contributed by atoms with Gasteiger partial charge in [0.15, 0.2) is 0 Å².